The van der Waals surface area contributed by atoms with Crippen LogP contribution in [-0.4, -0.2) is 47.0 Å². The minimum absolute atomic E-state index is 0.0411. The maximum atomic E-state index is 13.9. The Hall–Kier alpha value is -3.20. The van der Waals surface area contributed by atoms with E-state index in [9.17, 15) is 9.59 Å². The maximum absolute atomic E-state index is 13.9. The second-order valence-corrected chi connectivity index (χ2v) is 10.2. The molecule has 1 fully saturated rings. The first kappa shape index (κ1) is 25.9. The fraction of sp³-hybridized carbons (Fsp3) is 0.481. The van der Waals surface area contributed by atoms with Crippen molar-refractivity contribution in [3.8, 4) is 5.75 Å². The number of carbonyl (C=O) groups is 2. The Bertz CT molecular complexity index is 1200. The van der Waals surface area contributed by atoms with Gasteiger partial charge in [0, 0.05) is 24.3 Å². The number of nitrogens with zero attached hydrogens (tertiary/aromatic N) is 3. The average Bonchev–Trinajstić information content (AvgIpc) is 3.43. The van der Waals surface area contributed by atoms with Gasteiger partial charge in [0.2, 0.25) is 5.91 Å². The highest BCUT2D eigenvalue weighted by molar-refractivity contribution is 7.11. The second kappa shape index (κ2) is 11.2. The first-order chi connectivity index (χ1) is 17.4. The molecule has 0 aromatic carbocycles. The van der Waals surface area contributed by atoms with E-state index < -0.39 is 11.4 Å². The van der Waals surface area contributed by atoms with Crippen LogP contribution < -0.4 is 4.74 Å². The zero-order valence-electron chi connectivity index (χ0n) is 21.3. The highest BCUT2D eigenvalue weighted by Crippen LogP contribution is 2.49. The van der Waals surface area contributed by atoms with Gasteiger partial charge in [-0.1, -0.05) is 6.92 Å². The number of esters is 1. The van der Waals surface area contributed by atoms with Crippen LogP contribution in [0.1, 0.15) is 70.7 Å². The van der Waals surface area contributed by atoms with Crippen LogP contribution in [0.3, 0.4) is 0 Å². The van der Waals surface area contributed by atoms with Crippen molar-refractivity contribution in [3.63, 3.8) is 0 Å². The predicted octanol–water partition coefficient (Wildman–Crippen LogP) is 4.88. The molecule has 8 nitrogen and oxygen atoms in total. The van der Waals surface area contributed by atoms with Crippen LogP contribution in [0.5, 0.6) is 5.75 Å². The van der Waals surface area contributed by atoms with Crippen molar-refractivity contribution in [1.82, 2.24) is 14.9 Å². The van der Waals surface area contributed by atoms with Crippen molar-refractivity contribution in [3.05, 3.63) is 63.3 Å². The molecule has 0 spiro atoms. The Morgan fingerprint density at radius 3 is 2.56 bits per heavy atom. The van der Waals surface area contributed by atoms with E-state index in [-0.39, 0.29) is 5.91 Å². The highest BCUT2D eigenvalue weighted by Gasteiger charge is 2.54. The van der Waals surface area contributed by atoms with Crippen LogP contribution >= 0.6 is 11.3 Å². The van der Waals surface area contributed by atoms with Crippen LogP contribution in [0, 0.1) is 6.92 Å². The van der Waals surface area contributed by atoms with Crippen molar-refractivity contribution in [1.29, 1.82) is 0 Å². The topological polar surface area (TPSA) is 94.8 Å². The van der Waals surface area contributed by atoms with E-state index in [4.69, 9.17) is 13.9 Å². The van der Waals surface area contributed by atoms with Gasteiger partial charge in [-0.25, -0.2) is 9.78 Å². The van der Waals surface area contributed by atoms with Crippen LogP contribution in [0.15, 0.2) is 34.9 Å². The lowest BCUT2D eigenvalue weighted by molar-refractivity contribution is -0.134. The lowest BCUT2D eigenvalue weighted by Crippen LogP contribution is -2.40. The summed E-state index contributed by atoms with van der Waals surface area (Å²) in [6, 6.07) is 7.73. The van der Waals surface area contributed by atoms with Gasteiger partial charge in [0.15, 0.2) is 5.69 Å². The van der Waals surface area contributed by atoms with Crippen molar-refractivity contribution < 1.29 is 23.5 Å². The number of methoxy groups -OCH3 is 1. The van der Waals surface area contributed by atoms with E-state index in [1.165, 1.54) is 11.3 Å². The number of amides is 1. The molecule has 0 aliphatic heterocycles. The molecule has 4 rings (SSSR count). The van der Waals surface area contributed by atoms with Crippen LogP contribution in [0.4, 0.5) is 0 Å². The molecule has 0 unspecified atom stereocenters. The molecule has 3 heterocycles. The minimum atomic E-state index is -0.622. The molecule has 1 aliphatic carbocycles. The first-order valence-corrected chi connectivity index (χ1v) is 13.2. The van der Waals surface area contributed by atoms with Gasteiger partial charge in [-0.15, -0.1) is 11.3 Å². The fourth-order valence-electron chi connectivity index (χ4n) is 4.31. The number of pyridine rings is 1. The van der Waals surface area contributed by atoms with E-state index in [1.54, 1.807) is 20.2 Å². The first-order valence-electron chi connectivity index (χ1n) is 12.4. The zero-order chi connectivity index (χ0) is 25.7. The van der Waals surface area contributed by atoms with Gasteiger partial charge in [0.25, 0.3) is 0 Å². The number of rotatable bonds is 12. The molecule has 3 aromatic heterocycles. The van der Waals surface area contributed by atoms with Gasteiger partial charge in [-0.2, -0.15) is 0 Å². The molecule has 1 saturated carbocycles. The van der Waals surface area contributed by atoms with Gasteiger partial charge >= 0.3 is 5.97 Å². The summed E-state index contributed by atoms with van der Waals surface area (Å²) in [4.78, 5) is 37.9. The number of hydrogen-bond acceptors (Lipinski definition) is 8. The van der Waals surface area contributed by atoms with Crippen LogP contribution in [0.25, 0.3) is 0 Å². The summed E-state index contributed by atoms with van der Waals surface area (Å²) >= 11 is 1.43. The quantitative estimate of drug-likeness (QED) is 0.320. The maximum Gasteiger partial charge on any atom is 0.358 e. The Morgan fingerprint density at radius 1 is 1.17 bits per heavy atom. The Kier molecular flexibility index (Phi) is 8.08. The molecule has 0 N–H and O–H groups in total. The van der Waals surface area contributed by atoms with Crippen LogP contribution in [0.2, 0.25) is 0 Å². The van der Waals surface area contributed by atoms with E-state index in [0.29, 0.717) is 36.1 Å². The minimum Gasteiger partial charge on any atom is -0.495 e. The fourth-order valence-corrected chi connectivity index (χ4v) is 5.24. The number of carbonyl (C=O) groups excluding carboxylic acids is 2. The largest absolute Gasteiger partial charge is 0.495 e. The molecule has 192 valence electrons. The number of aryl methyl sites for hydroxylation is 3. The number of aromatic nitrogens is 2. The molecule has 1 aliphatic rings. The third-order valence-electron chi connectivity index (χ3n) is 6.46. The molecule has 9 heteroatoms. The lowest BCUT2D eigenvalue weighted by Gasteiger charge is -2.26. The standard InChI is InChI=1S/C27H33N3O5S/c1-5-19-9-10-20(35-19)8-7-15-30(17-23-29-24(18(3)36-23)25(31)34-6-2)26(32)27(13-14-27)22-12-11-21(33-4)16-28-22/h9-12,16H,5-8,13-15,17H2,1-4H3. The smallest absolute Gasteiger partial charge is 0.358 e. The third kappa shape index (κ3) is 5.61. The van der Waals surface area contributed by atoms with E-state index >= 15 is 0 Å². The monoisotopic (exact) mass is 511 g/mol. The second-order valence-electron chi connectivity index (χ2n) is 8.95. The Labute approximate surface area is 215 Å². The Balaban J connectivity index is 1.53. The molecule has 3 aromatic rings. The summed E-state index contributed by atoms with van der Waals surface area (Å²) in [5.74, 6) is 2.16. The number of thiazole rings is 1. The number of furan rings is 1. The molecule has 0 radical (unpaired) electrons. The van der Waals surface area contributed by atoms with E-state index in [1.807, 2.05) is 36.1 Å². The summed E-state index contributed by atoms with van der Waals surface area (Å²) in [5.41, 5.74) is 0.465. The highest BCUT2D eigenvalue weighted by atomic mass is 32.1. The summed E-state index contributed by atoms with van der Waals surface area (Å²) in [6.45, 7) is 6.86. The van der Waals surface area contributed by atoms with Gasteiger partial charge in [-0.05, 0) is 57.4 Å². The Morgan fingerprint density at radius 2 is 1.94 bits per heavy atom. The van der Waals surface area contributed by atoms with Crippen LogP contribution in [-0.2, 0) is 34.3 Å². The van der Waals surface area contributed by atoms with Crippen molar-refractivity contribution in [2.45, 2.75) is 64.8 Å². The summed E-state index contributed by atoms with van der Waals surface area (Å²) in [5, 5.41) is 0.716. The number of ether oxygens (including phenoxy) is 2. The molecular formula is C27H33N3O5S. The lowest BCUT2D eigenvalue weighted by atomic mass is 9.99. The molecule has 0 atom stereocenters. The van der Waals surface area contributed by atoms with Crippen molar-refractivity contribution >= 4 is 23.2 Å². The molecule has 1 amide bonds. The third-order valence-corrected chi connectivity index (χ3v) is 7.42. The zero-order valence-corrected chi connectivity index (χ0v) is 22.2. The predicted molar refractivity (Wildman–Crippen MR) is 136 cm³/mol. The van der Waals surface area contributed by atoms with Gasteiger partial charge in [0.1, 0.15) is 22.3 Å². The summed E-state index contributed by atoms with van der Waals surface area (Å²) in [7, 11) is 1.60. The molecule has 0 saturated heterocycles. The van der Waals surface area contributed by atoms with Crippen molar-refractivity contribution in [2.75, 3.05) is 20.3 Å². The van der Waals surface area contributed by atoms with E-state index in [2.05, 4.69) is 16.9 Å². The number of hydrogen-bond donors (Lipinski definition) is 0. The summed E-state index contributed by atoms with van der Waals surface area (Å²) < 4.78 is 16.2. The van der Waals surface area contributed by atoms with Gasteiger partial charge < -0.3 is 18.8 Å². The van der Waals surface area contributed by atoms with Gasteiger partial charge in [-0.3, -0.25) is 9.78 Å². The van der Waals surface area contributed by atoms with E-state index in [0.717, 1.165) is 54.2 Å². The molecule has 36 heavy (non-hydrogen) atoms. The summed E-state index contributed by atoms with van der Waals surface area (Å²) in [6.07, 6.45) is 5.51. The molecule has 0 bridgehead atoms. The SMILES string of the molecule is CCOC(=O)c1nc(CN(CCCc2ccc(CC)o2)C(=O)C2(c3ccc(OC)cn3)CC2)sc1C. The van der Waals surface area contributed by atoms with Crippen molar-refractivity contribution in [2.24, 2.45) is 0 Å². The van der Waals surface area contributed by atoms with Gasteiger partial charge in [0.05, 0.1) is 37.6 Å². The molecular weight excluding hydrogens is 478 g/mol. The normalized spacial score (nSPS) is 13.9. The average molecular weight is 512 g/mol.